The molecule has 1 spiro atoms. The zero-order valence-corrected chi connectivity index (χ0v) is 23.0. The van der Waals surface area contributed by atoms with E-state index in [4.69, 9.17) is 18.9 Å². The van der Waals surface area contributed by atoms with E-state index in [9.17, 15) is 19.2 Å². The van der Waals surface area contributed by atoms with Crippen molar-refractivity contribution in [1.82, 2.24) is 0 Å². The van der Waals surface area contributed by atoms with Crippen molar-refractivity contribution >= 4 is 34.7 Å². The first-order chi connectivity index (χ1) is 19.3. The number of rotatable bonds is 9. The molecule has 1 atom stereocenters. The largest absolute Gasteiger partial charge is 0.495 e. The van der Waals surface area contributed by atoms with Crippen LogP contribution in [0.4, 0.5) is 0 Å². The van der Waals surface area contributed by atoms with Gasteiger partial charge in [-0.1, -0.05) is 60.7 Å². The highest BCUT2D eigenvalue weighted by atomic mass is 16.5. The predicted octanol–water partition coefficient (Wildman–Crippen LogP) is 4.62. The summed E-state index contributed by atoms with van der Waals surface area (Å²) in [5, 5.41) is 0. The summed E-state index contributed by atoms with van der Waals surface area (Å²) < 4.78 is 22.5. The summed E-state index contributed by atoms with van der Waals surface area (Å²) in [6.45, 7) is 4.68. The number of hydrogen-bond donors (Lipinski definition) is 0. The van der Waals surface area contributed by atoms with Crippen LogP contribution in [0.15, 0.2) is 95.0 Å². The van der Waals surface area contributed by atoms with Crippen LogP contribution in [0.1, 0.15) is 31.9 Å². The molecule has 0 bridgehead atoms. The van der Waals surface area contributed by atoms with Gasteiger partial charge in [0.05, 0.1) is 38.6 Å². The Morgan fingerprint density at radius 1 is 0.775 bits per heavy atom. The zero-order valence-electron chi connectivity index (χ0n) is 23.0. The number of methoxy groups -OCH3 is 2. The molecule has 8 heteroatoms. The lowest BCUT2D eigenvalue weighted by atomic mass is 9.63. The van der Waals surface area contributed by atoms with E-state index in [0.29, 0.717) is 11.1 Å². The molecule has 2 aliphatic carbocycles. The maximum absolute atomic E-state index is 14.1. The van der Waals surface area contributed by atoms with Crippen LogP contribution in [0.25, 0.3) is 11.1 Å². The van der Waals surface area contributed by atoms with Gasteiger partial charge in [0.1, 0.15) is 5.41 Å². The molecule has 0 fully saturated rings. The molecule has 1 unspecified atom stereocenters. The van der Waals surface area contributed by atoms with E-state index in [-0.39, 0.29) is 52.6 Å². The molecule has 2 aromatic rings. The average Bonchev–Trinajstić information content (AvgIpc) is 3.27. The highest BCUT2D eigenvalue weighted by Gasteiger charge is 2.62. The van der Waals surface area contributed by atoms with Crippen molar-refractivity contribution < 1.29 is 38.1 Å². The summed E-state index contributed by atoms with van der Waals surface area (Å²) >= 11 is 0. The third-order valence-electron chi connectivity index (χ3n) is 6.82. The maximum atomic E-state index is 14.1. The second-order valence-corrected chi connectivity index (χ2v) is 8.97. The van der Waals surface area contributed by atoms with Crippen molar-refractivity contribution in [2.45, 2.75) is 20.8 Å². The SMILES string of the molecule is CCOC(=O)C1=C(c2ccccc2)C2(C(C(C)=O)=CC(=O)C(OC)=C2OC)C(C(=O)OCC)=C1c1ccccc1. The van der Waals surface area contributed by atoms with E-state index < -0.39 is 28.9 Å². The first-order valence-electron chi connectivity index (χ1n) is 12.8. The molecule has 0 saturated carbocycles. The summed E-state index contributed by atoms with van der Waals surface area (Å²) in [4.78, 5) is 54.7. The molecule has 2 aromatic carbocycles. The molecular weight excluding hydrogens is 512 g/mol. The summed E-state index contributed by atoms with van der Waals surface area (Å²) in [5.74, 6) is -2.95. The molecule has 0 N–H and O–H groups in total. The smallest absolute Gasteiger partial charge is 0.339 e. The van der Waals surface area contributed by atoms with Crippen LogP contribution in [0.5, 0.6) is 0 Å². The van der Waals surface area contributed by atoms with Crippen LogP contribution in [-0.4, -0.2) is 50.9 Å². The second-order valence-electron chi connectivity index (χ2n) is 8.97. The van der Waals surface area contributed by atoms with E-state index in [1.54, 1.807) is 74.5 Å². The molecule has 0 aromatic heterocycles. The van der Waals surface area contributed by atoms with Crippen LogP contribution in [0, 0.1) is 5.41 Å². The van der Waals surface area contributed by atoms with Gasteiger partial charge >= 0.3 is 11.9 Å². The van der Waals surface area contributed by atoms with E-state index in [2.05, 4.69) is 0 Å². The topological polar surface area (TPSA) is 105 Å². The lowest BCUT2D eigenvalue weighted by Gasteiger charge is -2.40. The molecule has 8 nitrogen and oxygen atoms in total. The number of carbonyl (C=O) groups excluding carboxylic acids is 4. The quantitative estimate of drug-likeness (QED) is 0.423. The number of ketones is 2. The summed E-state index contributed by atoms with van der Waals surface area (Å²) in [6.07, 6.45) is 1.14. The summed E-state index contributed by atoms with van der Waals surface area (Å²) in [5.41, 5.74) is -0.475. The van der Waals surface area contributed by atoms with Crippen molar-refractivity contribution in [3.8, 4) is 0 Å². The lowest BCUT2D eigenvalue weighted by molar-refractivity contribution is -0.139. The minimum absolute atomic E-state index is 0.0110. The molecule has 0 heterocycles. The zero-order chi connectivity index (χ0) is 29.0. The molecule has 2 aliphatic rings. The average molecular weight is 543 g/mol. The first-order valence-corrected chi connectivity index (χ1v) is 12.8. The molecular formula is C32H30O8. The summed E-state index contributed by atoms with van der Waals surface area (Å²) in [6, 6.07) is 17.6. The van der Waals surface area contributed by atoms with Crippen LogP contribution >= 0.6 is 0 Å². The van der Waals surface area contributed by atoms with Crippen molar-refractivity contribution in [2.75, 3.05) is 27.4 Å². The minimum Gasteiger partial charge on any atom is -0.495 e. The van der Waals surface area contributed by atoms with E-state index in [1.807, 2.05) is 0 Å². The van der Waals surface area contributed by atoms with Gasteiger partial charge in [0, 0.05) is 11.1 Å². The molecule has 40 heavy (non-hydrogen) atoms. The van der Waals surface area contributed by atoms with Gasteiger partial charge in [0.25, 0.3) is 0 Å². The van der Waals surface area contributed by atoms with Gasteiger partial charge in [0.2, 0.25) is 11.5 Å². The standard InChI is InChI=1S/C32H30O8/c1-6-39-30(35)25-24(20-14-10-8-11-15-20)27(31(36)40-7-2)32(26(25)21-16-12-9-13-17-21)22(19(3)33)18-23(34)28(37-4)29(32)38-5/h8-18H,6-7H2,1-5H3. The van der Waals surface area contributed by atoms with E-state index in [1.165, 1.54) is 21.1 Å². The highest BCUT2D eigenvalue weighted by molar-refractivity contribution is 6.28. The Labute approximate surface area is 232 Å². The van der Waals surface area contributed by atoms with Crippen LogP contribution < -0.4 is 0 Å². The summed E-state index contributed by atoms with van der Waals surface area (Å²) in [7, 11) is 2.62. The number of esters is 2. The fourth-order valence-corrected chi connectivity index (χ4v) is 5.49. The molecule has 0 saturated heterocycles. The third-order valence-corrected chi connectivity index (χ3v) is 6.82. The van der Waals surface area contributed by atoms with E-state index >= 15 is 0 Å². The van der Waals surface area contributed by atoms with Gasteiger partial charge in [-0.25, -0.2) is 9.59 Å². The van der Waals surface area contributed by atoms with Gasteiger partial charge in [0.15, 0.2) is 11.5 Å². The second kappa shape index (κ2) is 11.6. The lowest BCUT2D eigenvalue weighted by Crippen LogP contribution is -2.40. The van der Waals surface area contributed by atoms with E-state index in [0.717, 1.165) is 6.08 Å². The minimum atomic E-state index is -1.87. The Hall–Kier alpha value is -4.72. The molecule has 0 amide bonds. The normalized spacial score (nSPS) is 18.6. The van der Waals surface area contributed by atoms with Crippen molar-refractivity contribution in [3.05, 3.63) is 106 Å². The maximum Gasteiger partial charge on any atom is 0.339 e. The highest BCUT2D eigenvalue weighted by Crippen LogP contribution is 2.64. The number of hydrogen-bond acceptors (Lipinski definition) is 8. The third kappa shape index (κ3) is 4.35. The van der Waals surface area contributed by atoms with Gasteiger partial charge in [-0.2, -0.15) is 0 Å². The molecule has 4 rings (SSSR count). The molecule has 206 valence electrons. The van der Waals surface area contributed by atoms with Gasteiger partial charge in [-0.15, -0.1) is 0 Å². The molecule has 0 aliphatic heterocycles. The van der Waals surface area contributed by atoms with Crippen molar-refractivity contribution in [2.24, 2.45) is 5.41 Å². The Morgan fingerprint density at radius 2 is 1.32 bits per heavy atom. The van der Waals surface area contributed by atoms with Crippen molar-refractivity contribution in [1.29, 1.82) is 0 Å². The number of allylic oxidation sites excluding steroid dienone is 2. The number of carbonyl (C=O) groups is 4. The Bertz CT molecular complexity index is 1490. The number of benzene rings is 2. The monoisotopic (exact) mass is 542 g/mol. The number of Topliss-reactive ketones (excluding diaryl/α,β-unsaturated/α-hetero) is 1. The van der Waals surface area contributed by atoms with Gasteiger partial charge < -0.3 is 18.9 Å². The first kappa shape index (κ1) is 28.3. The number of ether oxygens (including phenoxy) is 4. The Balaban J connectivity index is 2.38. The predicted molar refractivity (Wildman–Crippen MR) is 147 cm³/mol. The van der Waals surface area contributed by atoms with Crippen LogP contribution in [-0.2, 0) is 38.1 Å². The van der Waals surface area contributed by atoms with Crippen LogP contribution in [0.3, 0.4) is 0 Å². The molecule has 0 radical (unpaired) electrons. The van der Waals surface area contributed by atoms with Crippen molar-refractivity contribution in [3.63, 3.8) is 0 Å². The Kier molecular flexibility index (Phi) is 8.18. The van der Waals surface area contributed by atoms with Gasteiger partial charge in [-0.3, -0.25) is 9.59 Å². The Morgan fingerprint density at radius 3 is 1.82 bits per heavy atom. The fourth-order valence-electron chi connectivity index (χ4n) is 5.49. The van der Waals surface area contributed by atoms with Gasteiger partial charge in [-0.05, 0) is 43.5 Å². The fraction of sp³-hybridized carbons (Fsp3) is 0.250. The van der Waals surface area contributed by atoms with Crippen LogP contribution in [0.2, 0.25) is 0 Å².